The Balaban J connectivity index is 2.13. The lowest BCUT2D eigenvalue weighted by molar-refractivity contribution is -0.120. The molecule has 1 aliphatic rings. The Bertz CT molecular complexity index is 496. The Labute approximate surface area is 118 Å². The van der Waals surface area contributed by atoms with E-state index in [1.807, 2.05) is 0 Å². The van der Waals surface area contributed by atoms with E-state index in [2.05, 4.69) is 21.2 Å². The highest BCUT2D eigenvalue weighted by molar-refractivity contribution is 9.10. The average molecular weight is 333 g/mol. The molecule has 104 valence electrons. The van der Waals surface area contributed by atoms with E-state index >= 15 is 0 Å². The molecule has 0 bridgehead atoms. The molecule has 2 rings (SSSR count). The lowest BCUT2D eigenvalue weighted by atomic mass is 9.95. The van der Waals surface area contributed by atoms with E-state index in [0.717, 1.165) is 31.4 Å². The molecule has 0 spiro atoms. The Morgan fingerprint density at radius 1 is 1.37 bits per heavy atom. The molecule has 19 heavy (non-hydrogen) atoms. The van der Waals surface area contributed by atoms with Crippen LogP contribution in [0, 0.1) is 23.5 Å². The zero-order valence-electron chi connectivity index (χ0n) is 10.3. The minimum absolute atomic E-state index is 0.0312. The van der Waals surface area contributed by atoms with Crippen LogP contribution in [0.5, 0.6) is 0 Å². The van der Waals surface area contributed by atoms with Crippen LogP contribution in [0.3, 0.4) is 0 Å². The molecule has 1 amide bonds. The standard InChI is InChI=1S/C13H15BrF2N2O/c14-9-4-11(16)12(5-10(9)15)18-13(19)8-3-1-2-7(8)6-17/h4-5,7-8H,1-3,6,17H2,(H,18,19). The molecule has 1 aliphatic carbocycles. The van der Waals surface area contributed by atoms with Gasteiger partial charge in [-0.1, -0.05) is 6.42 Å². The second-order valence-corrected chi connectivity index (χ2v) is 5.62. The van der Waals surface area contributed by atoms with E-state index in [1.54, 1.807) is 0 Å². The molecule has 2 atom stereocenters. The topological polar surface area (TPSA) is 55.1 Å². The number of nitrogens with two attached hydrogens (primary N) is 1. The van der Waals surface area contributed by atoms with E-state index in [9.17, 15) is 13.6 Å². The van der Waals surface area contributed by atoms with Crippen LogP contribution < -0.4 is 11.1 Å². The van der Waals surface area contributed by atoms with Crippen molar-refractivity contribution in [3.63, 3.8) is 0 Å². The molecule has 3 N–H and O–H groups in total. The van der Waals surface area contributed by atoms with E-state index in [0.29, 0.717) is 6.54 Å². The summed E-state index contributed by atoms with van der Waals surface area (Å²) >= 11 is 2.89. The molecule has 1 aromatic rings. The highest BCUT2D eigenvalue weighted by atomic mass is 79.9. The largest absolute Gasteiger partial charge is 0.330 e. The predicted molar refractivity (Wildman–Crippen MR) is 72.6 cm³/mol. The van der Waals surface area contributed by atoms with Crippen molar-refractivity contribution in [3.8, 4) is 0 Å². The fourth-order valence-corrected chi connectivity index (χ4v) is 2.82. The van der Waals surface area contributed by atoms with Crippen molar-refractivity contribution in [1.82, 2.24) is 0 Å². The van der Waals surface area contributed by atoms with Crippen molar-refractivity contribution in [3.05, 3.63) is 28.2 Å². The highest BCUT2D eigenvalue weighted by Crippen LogP contribution is 2.32. The molecule has 0 saturated heterocycles. The number of halogens is 3. The average Bonchev–Trinajstić information content (AvgIpc) is 2.84. The second kappa shape index (κ2) is 5.96. The first-order valence-electron chi connectivity index (χ1n) is 6.18. The molecule has 2 unspecified atom stereocenters. The van der Waals surface area contributed by atoms with Crippen molar-refractivity contribution in [2.75, 3.05) is 11.9 Å². The van der Waals surface area contributed by atoms with Gasteiger partial charge in [-0.3, -0.25) is 4.79 Å². The fraction of sp³-hybridized carbons (Fsp3) is 0.462. The normalized spacial score (nSPS) is 22.5. The lowest BCUT2D eigenvalue weighted by Crippen LogP contribution is -2.30. The van der Waals surface area contributed by atoms with Crippen LogP contribution in [-0.2, 0) is 4.79 Å². The van der Waals surface area contributed by atoms with Crippen molar-refractivity contribution < 1.29 is 13.6 Å². The molecule has 0 aromatic heterocycles. The van der Waals surface area contributed by atoms with Gasteiger partial charge < -0.3 is 11.1 Å². The smallest absolute Gasteiger partial charge is 0.227 e. The number of hydrogen-bond donors (Lipinski definition) is 2. The third-order valence-corrected chi connectivity index (χ3v) is 4.17. The minimum atomic E-state index is -0.663. The number of carbonyl (C=O) groups excluding carboxylic acids is 1. The van der Waals surface area contributed by atoms with Crippen LogP contribution in [0.2, 0.25) is 0 Å². The number of rotatable bonds is 3. The number of nitrogens with one attached hydrogen (secondary N) is 1. The third kappa shape index (κ3) is 3.12. The number of hydrogen-bond acceptors (Lipinski definition) is 2. The van der Waals surface area contributed by atoms with Gasteiger partial charge in [0.05, 0.1) is 10.2 Å². The van der Waals surface area contributed by atoms with Gasteiger partial charge >= 0.3 is 0 Å². The quantitative estimate of drug-likeness (QED) is 0.836. The summed E-state index contributed by atoms with van der Waals surface area (Å²) in [5.41, 5.74) is 5.48. The molecule has 6 heteroatoms. The zero-order chi connectivity index (χ0) is 14.0. The van der Waals surface area contributed by atoms with Gasteiger partial charge in [0, 0.05) is 12.0 Å². The first kappa shape index (κ1) is 14.4. The van der Waals surface area contributed by atoms with Gasteiger partial charge in [-0.2, -0.15) is 0 Å². The van der Waals surface area contributed by atoms with E-state index < -0.39 is 11.6 Å². The van der Waals surface area contributed by atoms with E-state index in [4.69, 9.17) is 5.73 Å². The zero-order valence-corrected chi connectivity index (χ0v) is 11.8. The number of amides is 1. The number of anilines is 1. The molecule has 0 radical (unpaired) electrons. The Morgan fingerprint density at radius 3 is 2.79 bits per heavy atom. The third-order valence-electron chi connectivity index (χ3n) is 3.57. The Hall–Kier alpha value is -1.01. The maximum absolute atomic E-state index is 13.6. The molecule has 1 fully saturated rings. The van der Waals surface area contributed by atoms with Crippen molar-refractivity contribution >= 4 is 27.5 Å². The van der Waals surface area contributed by atoms with Crippen molar-refractivity contribution in [2.24, 2.45) is 17.6 Å². The second-order valence-electron chi connectivity index (χ2n) is 4.77. The van der Waals surface area contributed by atoms with E-state index in [1.165, 1.54) is 0 Å². The van der Waals surface area contributed by atoms with Crippen LogP contribution in [-0.4, -0.2) is 12.5 Å². The highest BCUT2D eigenvalue weighted by Gasteiger charge is 2.32. The monoisotopic (exact) mass is 332 g/mol. The van der Waals surface area contributed by atoms with Crippen molar-refractivity contribution in [2.45, 2.75) is 19.3 Å². The van der Waals surface area contributed by atoms with Gasteiger partial charge in [0.1, 0.15) is 11.6 Å². The molecular weight excluding hydrogens is 318 g/mol. The number of carbonyl (C=O) groups is 1. The van der Waals surface area contributed by atoms with Gasteiger partial charge in [0.25, 0.3) is 0 Å². The SMILES string of the molecule is NCC1CCCC1C(=O)Nc1cc(F)c(Br)cc1F. The summed E-state index contributed by atoms with van der Waals surface area (Å²) in [6.07, 6.45) is 2.59. The Kier molecular flexibility index (Phi) is 4.52. The van der Waals surface area contributed by atoms with Crippen LogP contribution in [0.15, 0.2) is 16.6 Å². The molecule has 3 nitrogen and oxygen atoms in total. The molecule has 0 heterocycles. The summed E-state index contributed by atoms with van der Waals surface area (Å²) in [6, 6.07) is 1.98. The maximum Gasteiger partial charge on any atom is 0.227 e. The maximum atomic E-state index is 13.6. The first-order valence-corrected chi connectivity index (χ1v) is 6.97. The Morgan fingerprint density at radius 2 is 2.11 bits per heavy atom. The van der Waals surface area contributed by atoms with Crippen LogP contribution in [0.4, 0.5) is 14.5 Å². The fourth-order valence-electron chi connectivity index (χ4n) is 2.51. The lowest BCUT2D eigenvalue weighted by Gasteiger charge is -2.17. The van der Waals surface area contributed by atoms with Gasteiger partial charge in [-0.25, -0.2) is 8.78 Å². The van der Waals surface area contributed by atoms with Crippen molar-refractivity contribution in [1.29, 1.82) is 0 Å². The molecule has 1 saturated carbocycles. The number of benzene rings is 1. The summed E-state index contributed by atoms with van der Waals surface area (Å²) in [5, 5.41) is 2.45. The van der Waals surface area contributed by atoms with Gasteiger partial charge in [-0.05, 0) is 47.3 Å². The molecule has 1 aromatic carbocycles. The minimum Gasteiger partial charge on any atom is -0.330 e. The van der Waals surface area contributed by atoms with Gasteiger partial charge in [0.15, 0.2) is 0 Å². The van der Waals surface area contributed by atoms with Crippen LogP contribution >= 0.6 is 15.9 Å². The van der Waals surface area contributed by atoms with Gasteiger partial charge in [-0.15, -0.1) is 0 Å². The van der Waals surface area contributed by atoms with E-state index in [-0.39, 0.29) is 27.9 Å². The summed E-state index contributed by atoms with van der Waals surface area (Å²) in [5.74, 6) is -1.64. The van der Waals surface area contributed by atoms with Crippen LogP contribution in [0.1, 0.15) is 19.3 Å². The summed E-state index contributed by atoms with van der Waals surface area (Å²) in [7, 11) is 0. The first-order chi connectivity index (χ1) is 9.02. The summed E-state index contributed by atoms with van der Waals surface area (Å²) < 4.78 is 27.0. The molecule has 0 aliphatic heterocycles. The molecular formula is C13H15BrF2N2O. The summed E-state index contributed by atoms with van der Waals surface area (Å²) in [6.45, 7) is 0.440. The summed E-state index contributed by atoms with van der Waals surface area (Å²) in [4.78, 5) is 12.1. The van der Waals surface area contributed by atoms with Crippen LogP contribution in [0.25, 0.3) is 0 Å². The predicted octanol–water partition coefficient (Wildman–Crippen LogP) is 3.04. The van der Waals surface area contributed by atoms with Gasteiger partial charge in [0.2, 0.25) is 5.91 Å².